The van der Waals surface area contributed by atoms with Gasteiger partial charge in [0.15, 0.2) is 0 Å². The summed E-state index contributed by atoms with van der Waals surface area (Å²) in [4.78, 5) is 2.35. The summed E-state index contributed by atoms with van der Waals surface area (Å²) in [5.41, 5.74) is 12.7. The lowest BCUT2D eigenvalue weighted by Gasteiger charge is -2.27. The van der Waals surface area contributed by atoms with E-state index < -0.39 is 0 Å². The molecule has 0 unspecified atom stereocenters. The molecule has 2 heteroatoms. The third-order valence-corrected chi connectivity index (χ3v) is 10.3. The second-order valence-electron chi connectivity index (χ2n) is 13.3. The molecule has 52 heavy (non-hydrogen) atoms. The first-order valence-corrected chi connectivity index (χ1v) is 17.8. The molecule has 1 heterocycles. The van der Waals surface area contributed by atoms with Crippen LogP contribution in [0.15, 0.2) is 200 Å². The van der Waals surface area contributed by atoms with E-state index in [1.54, 1.807) is 0 Å². The quantitative estimate of drug-likeness (QED) is 0.176. The summed E-state index contributed by atoms with van der Waals surface area (Å²) in [6, 6.07) is 71.7. The zero-order valence-electron chi connectivity index (χ0n) is 28.4. The molecule has 0 aromatic heterocycles. The van der Waals surface area contributed by atoms with Crippen LogP contribution in [0.5, 0.6) is 11.5 Å². The van der Waals surface area contributed by atoms with E-state index in [9.17, 15) is 0 Å². The summed E-state index contributed by atoms with van der Waals surface area (Å²) >= 11 is 0. The molecule has 2 nitrogen and oxygen atoms in total. The molecule has 0 radical (unpaired) electrons. The van der Waals surface area contributed by atoms with Crippen LogP contribution >= 0.6 is 0 Å². The largest absolute Gasteiger partial charge is 0.456 e. The first-order valence-electron chi connectivity index (χ1n) is 17.8. The van der Waals surface area contributed by atoms with Crippen LogP contribution in [0, 0.1) is 0 Å². The van der Waals surface area contributed by atoms with Crippen molar-refractivity contribution in [3.05, 3.63) is 200 Å². The number of anilines is 3. The maximum Gasteiger partial charge on any atom is 0.135 e. The van der Waals surface area contributed by atoms with Gasteiger partial charge in [0.1, 0.15) is 11.5 Å². The van der Waals surface area contributed by atoms with Gasteiger partial charge in [-0.05, 0) is 110 Å². The van der Waals surface area contributed by atoms with Crippen molar-refractivity contribution in [2.24, 2.45) is 0 Å². The molecule has 0 atom stereocenters. The van der Waals surface area contributed by atoms with Gasteiger partial charge in [-0.3, -0.25) is 0 Å². The highest BCUT2D eigenvalue weighted by Gasteiger charge is 2.22. The molecule has 0 bridgehead atoms. The number of fused-ring (bicyclic) bond motifs is 3. The Balaban J connectivity index is 1.08. The third kappa shape index (κ3) is 5.21. The van der Waals surface area contributed by atoms with Gasteiger partial charge in [-0.25, -0.2) is 0 Å². The van der Waals surface area contributed by atoms with Gasteiger partial charge in [0.2, 0.25) is 0 Å². The molecule has 0 saturated heterocycles. The van der Waals surface area contributed by atoms with Gasteiger partial charge in [-0.2, -0.15) is 0 Å². The molecule has 0 fully saturated rings. The molecule has 0 amide bonds. The van der Waals surface area contributed by atoms with Crippen LogP contribution in [0.4, 0.5) is 17.1 Å². The van der Waals surface area contributed by atoms with Crippen molar-refractivity contribution >= 4 is 38.6 Å². The normalized spacial score (nSPS) is 11.6. The fourth-order valence-electron chi connectivity index (χ4n) is 7.70. The lowest BCUT2D eigenvalue weighted by molar-refractivity contribution is 0.487. The number of hydrogen-bond acceptors (Lipinski definition) is 2. The molecule has 0 N–H and O–H groups in total. The minimum Gasteiger partial charge on any atom is -0.456 e. The van der Waals surface area contributed by atoms with E-state index in [0.29, 0.717) is 0 Å². The van der Waals surface area contributed by atoms with Crippen molar-refractivity contribution in [1.82, 2.24) is 0 Å². The Labute approximate surface area is 303 Å². The molecule has 0 aliphatic carbocycles. The second-order valence-corrected chi connectivity index (χ2v) is 13.3. The van der Waals surface area contributed by atoms with Crippen molar-refractivity contribution in [3.8, 4) is 56.0 Å². The summed E-state index contributed by atoms with van der Waals surface area (Å²) in [6.07, 6.45) is 0. The van der Waals surface area contributed by atoms with Crippen LogP contribution in [-0.4, -0.2) is 0 Å². The minimum atomic E-state index is 0.899. The average molecular weight is 664 g/mol. The highest BCUT2D eigenvalue weighted by Crippen LogP contribution is 2.49. The molecule has 0 saturated carbocycles. The maximum absolute atomic E-state index is 6.41. The Kier molecular flexibility index (Phi) is 7.18. The van der Waals surface area contributed by atoms with E-state index in [2.05, 4.69) is 193 Å². The molecule has 9 aromatic carbocycles. The number of ether oxygens (including phenoxy) is 1. The highest BCUT2D eigenvalue weighted by molar-refractivity contribution is 6.10. The van der Waals surface area contributed by atoms with E-state index in [1.807, 2.05) is 12.1 Å². The van der Waals surface area contributed by atoms with Crippen molar-refractivity contribution in [2.75, 3.05) is 4.90 Å². The fraction of sp³-hybridized carbons (Fsp3) is 0. The Morgan fingerprint density at radius 1 is 0.308 bits per heavy atom. The van der Waals surface area contributed by atoms with Crippen LogP contribution in [0.3, 0.4) is 0 Å². The Bertz CT molecular complexity index is 2750. The Morgan fingerprint density at radius 2 is 0.923 bits per heavy atom. The maximum atomic E-state index is 6.41. The smallest absolute Gasteiger partial charge is 0.135 e. The van der Waals surface area contributed by atoms with Crippen LogP contribution < -0.4 is 9.64 Å². The molecule has 10 rings (SSSR count). The molecule has 244 valence electrons. The van der Waals surface area contributed by atoms with Crippen molar-refractivity contribution in [1.29, 1.82) is 0 Å². The van der Waals surface area contributed by atoms with Gasteiger partial charge in [0, 0.05) is 28.0 Å². The first-order chi connectivity index (χ1) is 25.8. The second kappa shape index (κ2) is 12.5. The Hall–Kier alpha value is -6.90. The minimum absolute atomic E-state index is 0.899. The highest BCUT2D eigenvalue weighted by atomic mass is 16.5. The lowest BCUT2D eigenvalue weighted by Crippen LogP contribution is -2.10. The van der Waals surface area contributed by atoms with Crippen molar-refractivity contribution in [2.45, 2.75) is 0 Å². The molecular formula is C50H33NO. The molecule has 1 aliphatic rings. The van der Waals surface area contributed by atoms with Crippen LogP contribution in [0.2, 0.25) is 0 Å². The van der Waals surface area contributed by atoms with Gasteiger partial charge in [-0.15, -0.1) is 0 Å². The number of hydrogen-bond donors (Lipinski definition) is 0. The number of nitrogens with zero attached hydrogens (tertiary/aromatic N) is 1. The van der Waals surface area contributed by atoms with Gasteiger partial charge in [0.25, 0.3) is 0 Å². The lowest BCUT2D eigenvalue weighted by atomic mass is 9.90. The molecule has 0 spiro atoms. The number of rotatable bonds is 6. The van der Waals surface area contributed by atoms with Crippen LogP contribution in [0.1, 0.15) is 0 Å². The van der Waals surface area contributed by atoms with Crippen molar-refractivity contribution < 1.29 is 4.74 Å². The zero-order chi connectivity index (χ0) is 34.4. The third-order valence-electron chi connectivity index (χ3n) is 10.3. The zero-order valence-corrected chi connectivity index (χ0v) is 28.4. The first kappa shape index (κ1) is 30.0. The summed E-state index contributed by atoms with van der Waals surface area (Å²) in [5.74, 6) is 1.80. The van der Waals surface area contributed by atoms with Crippen LogP contribution in [0.25, 0.3) is 66.1 Å². The number of para-hydroxylation sites is 1. The van der Waals surface area contributed by atoms with Crippen LogP contribution in [-0.2, 0) is 0 Å². The summed E-state index contributed by atoms with van der Waals surface area (Å²) in [5, 5.41) is 4.83. The van der Waals surface area contributed by atoms with Gasteiger partial charge in [0.05, 0.1) is 0 Å². The van der Waals surface area contributed by atoms with E-state index in [-0.39, 0.29) is 0 Å². The van der Waals surface area contributed by atoms with E-state index in [1.165, 1.54) is 49.5 Å². The summed E-state index contributed by atoms with van der Waals surface area (Å²) in [6.45, 7) is 0. The van der Waals surface area contributed by atoms with E-state index >= 15 is 0 Å². The standard InChI is InChI=1S/C50H33NO/c1-2-10-34(11-3-1)36-22-26-41(27-23-36)51(42-28-24-37(25-29-42)39-21-20-35-12-4-5-13-38(35)32-39)43-15-8-14-40(33-43)44-30-31-49-50-46(44)17-9-18-47(50)45-16-6-7-19-48(45)52-49/h1-33H. The molecule has 1 aliphatic heterocycles. The monoisotopic (exact) mass is 663 g/mol. The summed E-state index contributed by atoms with van der Waals surface area (Å²) in [7, 11) is 0. The SMILES string of the molecule is c1ccc(-c2ccc(N(c3ccc(-c4ccc5ccccc5c4)cc3)c3cccc(-c4ccc5c6c(cccc46)-c4ccccc4O5)c3)cc2)cc1. The fourth-order valence-corrected chi connectivity index (χ4v) is 7.70. The topological polar surface area (TPSA) is 12.5 Å². The van der Waals surface area contributed by atoms with Gasteiger partial charge in [-0.1, -0.05) is 146 Å². The Morgan fingerprint density at radius 3 is 1.73 bits per heavy atom. The predicted octanol–water partition coefficient (Wildman–Crippen LogP) is 14.2. The average Bonchev–Trinajstić information content (AvgIpc) is 3.22. The van der Waals surface area contributed by atoms with Crippen molar-refractivity contribution in [3.63, 3.8) is 0 Å². The van der Waals surface area contributed by atoms with Gasteiger partial charge >= 0.3 is 0 Å². The molecular weight excluding hydrogens is 631 g/mol. The van der Waals surface area contributed by atoms with E-state index in [4.69, 9.17) is 4.74 Å². The van der Waals surface area contributed by atoms with Gasteiger partial charge < -0.3 is 9.64 Å². The predicted molar refractivity (Wildman–Crippen MR) is 218 cm³/mol. The summed E-state index contributed by atoms with van der Waals surface area (Å²) < 4.78 is 6.41. The van der Waals surface area contributed by atoms with E-state index in [0.717, 1.165) is 45.1 Å². The molecule has 9 aromatic rings. The number of benzene rings is 9.